The van der Waals surface area contributed by atoms with Gasteiger partial charge in [-0.1, -0.05) is 6.92 Å². The number of Topliss-reactive ketones (excluding diaryl/α,β-unsaturated/α-hetero) is 1. The first-order valence-corrected chi connectivity index (χ1v) is 11.4. The summed E-state index contributed by atoms with van der Waals surface area (Å²) in [5.74, 6) is 1.36. The number of methoxy groups -OCH3 is 1. The lowest BCUT2D eigenvalue weighted by Gasteiger charge is -2.50. The third-order valence-corrected chi connectivity index (χ3v) is 6.96. The van der Waals surface area contributed by atoms with Crippen molar-refractivity contribution < 1.29 is 19.1 Å². The average molecular weight is 440 g/mol. The first-order chi connectivity index (χ1) is 15.4. The van der Waals surface area contributed by atoms with Gasteiger partial charge in [0.25, 0.3) is 5.91 Å². The monoisotopic (exact) mass is 439 g/mol. The van der Waals surface area contributed by atoms with Gasteiger partial charge >= 0.3 is 0 Å². The lowest BCUT2D eigenvalue weighted by Crippen LogP contribution is -2.56. The van der Waals surface area contributed by atoms with Crippen LogP contribution in [0.3, 0.4) is 0 Å². The van der Waals surface area contributed by atoms with Crippen molar-refractivity contribution in [2.45, 2.75) is 45.2 Å². The number of ether oxygens (including phenoxy) is 2. The van der Waals surface area contributed by atoms with Crippen LogP contribution in [0.4, 0.5) is 0 Å². The molecule has 1 saturated heterocycles. The van der Waals surface area contributed by atoms with Crippen LogP contribution >= 0.6 is 0 Å². The Balaban J connectivity index is 1.53. The largest absolute Gasteiger partial charge is 0.493 e. The van der Waals surface area contributed by atoms with E-state index in [1.54, 1.807) is 32.2 Å². The molecule has 7 nitrogen and oxygen atoms in total. The van der Waals surface area contributed by atoms with Crippen LogP contribution in [0.15, 0.2) is 30.3 Å². The second kappa shape index (κ2) is 8.98. The zero-order valence-electron chi connectivity index (χ0n) is 19.5. The lowest BCUT2D eigenvalue weighted by molar-refractivity contribution is 0.0128. The summed E-state index contributed by atoms with van der Waals surface area (Å²) in [6.45, 7) is 7.30. The van der Waals surface area contributed by atoms with Crippen LogP contribution < -0.4 is 9.47 Å². The average Bonchev–Trinajstić information content (AvgIpc) is 3.25. The van der Waals surface area contributed by atoms with E-state index in [1.807, 2.05) is 17.9 Å². The predicted molar refractivity (Wildman–Crippen MR) is 123 cm³/mol. The highest BCUT2D eigenvalue weighted by Crippen LogP contribution is 2.42. The number of rotatable bonds is 6. The van der Waals surface area contributed by atoms with E-state index in [0.717, 1.165) is 38.0 Å². The summed E-state index contributed by atoms with van der Waals surface area (Å²) in [7, 11) is 3.76. The Morgan fingerprint density at radius 3 is 2.44 bits per heavy atom. The number of carbonyl (C=O) groups is 2. The van der Waals surface area contributed by atoms with Crippen molar-refractivity contribution in [1.82, 2.24) is 14.4 Å². The van der Waals surface area contributed by atoms with Gasteiger partial charge in [-0.25, -0.2) is 0 Å². The molecule has 2 aliphatic rings. The number of fused-ring (bicyclic) bond motifs is 2. The zero-order chi connectivity index (χ0) is 22.9. The fourth-order valence-electron chi connectivity index (χ4n) is 5.12. The summed E-state index contributed by atoms with van der Waals surface area (Å²) in [5.41, 5.74) is 2.46. The number of amides is 1. The van der Waals surface area contributed by atoms with Crippen molar-refractivity contribution in [1.29, 1.82) is 0 Å². The minimum atomic E-state index is -0.141. The molecule has 0 unspecified atom stereocenters. The molecule has 0 bridgehead atoms. The molecule has 0 atom stereocenters. The molecule has 1 amide bonds. The van der Waals surface area contributed by atoms with Gasteiger partial charge in [-0.3, -0.25) is 14.5 Å². The van der Waals surface area contributed by atoms with E-state index in [2.05, 4.69) is 22.6 Å². The lowest BCUT2D eigenvalue weighted by atomic mass is 9.81. The molecule has 172 valence electrons. The van der Waals surface area contributed by atoms with E-state index in [1.165, 1.54) is 5.69 Å². The Morgan fingerprint density at radius 1 is 1.03 bits per heavy atom. The fourth-order valence-corrected chi connectivity index (χ4v) is 5.12. The summed E-state index contributed by atoms with van der Waals surface area (Å²) >= 11 is 0. The molecule has 0 N–H and O–H groups in total. The molecule has 0 aliphatic carbocycles. The zero-order valence-corrected chi connectivity index (χ0v) is 19.5. The molecule has 4 rings (SSSR count). The summed E-state index contributed by atoms with van der Waals surface area (Å²) < 4.78 is 13.3. The molecule has 1 spiro atoms. The van der Waals surface area contributed by atoms with Crippen molar-refractivity contribution in [3.05, 3.63) is 47.3 Å². The smallest absolute Gasteiger partial charge is 0.253 e. The molecular formula is C25H33N3O4. The number of aromatic nitrogens is 1. The van der Waals surface area contributed by atoms with Gasteiger partial charge < -0.3 is 18.9 Å². The highest BCUT2D eigenvalue weighted by atomic mass is 16.5. The second-order valence-electron chi connectivity index (χ2n) is 8.77. The minimum Gasteiger partial charge on any atom is -0.493 e. The van der Waals surface area contributed by atoms with Crippen LogP contribution in [-0.4, -0.2) is 66.5 Å². The Hall–Kier alpha value is -2.80. The van der Waals surface area contributed by atoms with Crippen molar-refractivity contribution in [2.75, 3.05) is 40.4 Å². The summed E-state index contributed by atoms with van der Waals surface area (Å²) in [5, 5.41) is 0. The highest BCUT2D eigenvalue weighted by Gasteiger charge is 2.45. The minimum absolute atomic E-state index is 0.0159. The van der Waals surface area contributed by atoms with Gasteiger partial charge in [0.15, 0.2) is 17.3 Å². The Kier molecular flexibility index (Phi) is 6.29. The number of piperidine rings is 1. The highest BCUT2D eigenvalue weighted by molar-refractivity contribution is 5.95. The molecular weight excluding hydrogens is 406 g/mol. The number of hydrogen-bond donors (Lipinski definition) is 0. The molecule has 1 aromatic heterocycles. The van der Waals surface area contributed by atoms with Crippen molar-refractivity contribution in [2.24, 2.45) is 0 Å². The van der Waals surface area contributed by atoms with Crippen molar-refractivity contribution in [3.8, 4) is 11.5 Å². The number of benzene rings is 1. The maximum atomic E-state index is 13.3. The SMILES string of the molecule is CCCOc1cc(C(=O)N2CCC3(CC2)c2ccc(C(C)=O)n2CCN3C)ccc1OC. The molecule has 0 radical (unpaired) electrons. The van der Waals surface area contributed by atoms with E-state index in [-0.39, 0.29) is 17.2 Å². The molecule has 7 heteroatoms. The van der Waals surface area contributed by atoms with Crippen LogP contribution in [0.25, 0.3) is 0 Å². The number of ketones is 1. The molecule has 1 aromatic carbocycles. The van der Waals surface area contributed by atoms with E-state index < -0.39 is 0 Å². The molecule has 3 heterocycles. The number of carbonyl (C=O) groups excluding carboxylic acids is 2. The second-order valence-corrected chi connectivity index (χ2v) is 8.77. The third kappa shape index (κ3) is 3.79. The van der Waals surface area contributed by atoms with Crippen LogP contribution in [0, 0.1) is 0 Å². The predicted octanol–water partition coefficient (Wildman–Crippen LogP) is 3.57. The molecule has 2 aromatic rings. The molecule has 1 fully saturated rings. The van der Waals surface area contributed by atoms with E-state index in [0.29, 0.717) is 36.8 Å². The van der Waals surface area contributed by atoms with E-state index in [9.17, 15) is 9.59 Å². The maximum Gasteiger partial charge on any atom is 0.253 e. The quantitative estimate of drug-likeness (QED) is 0.644. The van der Waals surface area contributed by atoms with Gasteiger partial charge in [0, 0.05) is 44.4 Å². The van der Waals surface area contributed by atoms with Gasteiger partial charge in [0.05, 0.1) is 24.9 Å². The third-order valence-electron chi connectivity index (χ3n) is 6.96. The first kappa shape index (κ1) is 22.4. The molecule has 0 saturated carbocycles. The number of likely N-dealkylation sites (N-methyl/N-ethyl adjacent to an activating group) is 1. The Bertz CT molecular complexity index is 1000. The normalized spacial score (nSPS) is 17.8. The van der Waals surface area contributed by atoms with Crippen LogP contribution in [0.2, 0.25) is 0 Å². The number of hydrogen-bond acceptors (Lipinski definition) is 5. The maximum absolute atomic E-state index is 13.3. The number of likely N-dealkylation sites (tertiary alicyclic amines) is 1. The van der Waals surface area contributed by atoms with E-state index >= 15 is 0 Å². The summed E-state index contributed by atoms with van der Waals surface area (Å²) in [6.07, 6.45) is 2.56. The van der Waals surface area contributed by atoms with Gasteiger partial charge in [0.2, 0.25) is 0 Å². The molecule has 2 aliphatic heterocycles. The summed E-state index contributed by atoms with van der Waals surface area (Å²) in [4.78, 5) is 29.7. The van der Waals surface area contributed by atoms with Gasteiger partial charge in [-0.15, -0.1) is 0 Å². The van der Waals surface area contributed by atoms with Gasteiger partial charge in [-0.05, 0) is 56.6 Å². The van der Waals surface area contributed by atoms with Crippen LogP contribution in [0.5, 0.6) is 11.5 Å². The fraction of sp³-hybridized carbons (Fsp3) is 0.520. The Morgan fingerprint density at radius 2 is 1.78 bits per heavy atom. The van der Waals surface area contributed by atoms with Crippen molar-refractivity contribution in [3.63, 3.8) is 0 Å². The standard InChI is InChI=1S/C25H33N3O4/c1-5-16-32-22-17-19(6-8-21(22)31-4)24(30)27-12-10-25(11-13-27)23-9-7-20(18(2)29)28(23)15-14-26(25)3/h6-9,17H,5,10-16H2,1-4H3. The Labute approximate surface area is 189 Å². The van der Waals surface area contributed by atoms with Gasteiger partial charge in [0.1, 0.15) is 0 Å². The van der Waals surface area contributed by atoms with Gasteiger partial charge in [-0.2, -0.15) is 0 Å². The first-order valence-electron chi connectivity index (χ1n) is 11.4. The van der Waals surface area contributed by atoms with Crippen molar-refractivity contribution >= 4 is 11.7 Å². The topological polar surface area (TPSA) is 64.0 Å². The summed E-state index contributed by atoms with van der Waals surface area (Å²) in [6, 6.07) is 9.45. The van der Waals surface area contributed by atoms with E-state index in [4.69, 9.17) is 9.47 Å². The van der Waals surface area contributed by atoms with Crippen LogP contribution in [0.1, 0.15) is 59.7 Å². The number of nitrogens with zero attached hydrogens (tertiary/aromatic N) is 3. The molecule has 32 heavy (non-hydrogen) atoms. The van der Waals surface area contributed by atoms with Crippen LogP contribution in [-0.2, 0) is 12.1 Å².